The zero-order chi connectivity index (χ0) is 13.5. The normalized spacial score (nSPS) is 25.3. The van der Waals surface area contributed by atoms with Crippen molar-refractivity contribution < 1.29 is 9.59 Å². The first-order valence-electron chi connectivity index (χ1n) is 6.43. The van der Waals surface area contributed by atoms with Crippen LogP contribution >= 0.6 is 11.6 Å². The van der Waals surface area contributed by atoms with Crippen molar-refractivity contribution in [3.63, 3.8) is 0 Å². The van der Waals surface area contributed by atoms with Crippen LogP contribution in [0.3, 0.4) is 0 Å². The average Bonchev–Trinajstić information content (AvgIpc) is 2.84. The van der Waals surface area contributed by atoms with Crippen molar-refractivity contribution in [3.05, 3.63) is 29.8 Å². The van der Waals surface area contributed by atoms with Crippen molar-refractivity contribution in [2.75, 3.05) is 17.7 Å². The highest BCUT2D eigenvalue weighted by Crippen LogP contribution is 2.39. The maximum Gasteiger partial charge on any atom is 0.250 e. The third-order valence-electron chi connectivity index (χ3n) is 4.08. The highest BCUT2D eigenvalue weighted by Gasteiger charge is 2.51. The topological polar surface area (TPSA) is 49.4 Å². The fraction of sp³-hybridized carbons (Fsp3) is 0.429. The summed E-state index contributed by atoms with van der Waals surface area (Å²) in [5.74, 6) is -0.313. The monoisotopic (exact) mass is 278 g/mol. The molecule has 1 unspecified atom stereocenters. The second-order valence-corrected chi connectivity index (χ2v) is 5.37. The first kappa shape index (κ1) is 12.5. The molecule has 2 heterocycles. The molecule has 2 amide bonds. The summed E-state index contributed by atoms with van der Waals surface area (Å²) in [6.07, 6.45) is 2.13. The van der Waals surface area contributed by atoms with Gasteiger partial charge in [0.15, 0.2) is 0 Å². The van der Waals surface area contributed by atoms with E-state index in [0.717, 1.165) is 17.7 Å². The minimum Gasteiger partial charge on any atom is -0.327 e. The Hall–Kier alpha value is -1.55. The highest BCUT2D eigenvalue weighted by molar-refractivity contribution is 6.27. The Labute approximate surface area is 116 Å². The smallest absolute Gasteiger partial charge is 0.250 e. The number of carbonyl (C=O) groups is 2. The molecule has 0 aliphatic carbocycles. The van der Waals surface area contributed by atoms with Gasteiger partial charge < -0.3 is 10.2 Å². The number of halogens is 1. The van der Waals surface area contributed by atoms with E-state index in [0.29, 0.717) is 19.4 Å². The predicted molar refractivity (Wildman–Crippen MR) is 73.2 cm³/mol. The zero-order valence-electron chi connectivity index (χ0n) is 10.5. The molecule has 0 bridgehead atoms. The summed E-state index contributed by atoms with van der Waals surface area (Å²) in [6, 6.07) is 7.74. The summed E-state index contributed by atoms with van der Waals surface area (Å²) in [7, 11) is 0. The highest BCUT2D eigenvalue weighted by atomic mass is 35.5. The summed E-state index contributed by atoms with van der Waals surface area (Å²) >= 11 is 5.66. The van der Waals surface area contributed by atoms with Gasteiger partial charge in [-0.25, -0.2) is 0 Å². The minimum atomic E-state index is -0.736. The van der Waals surface area contributed by atoms with Crippen LogP contribution in [0.5, 0.6) is 0 Å². The summed E-state index contributed by atoms with van der Waals surface area (Å²) in [5, 5.41) is 2.93. The first-order valence-corrected chi connectivity index (χ1v) is 6.97. The molecular formula is C14H15ClN2O2. The van der Waals surface area contributed by atoms with Crippen LogP contribution in [-0.4, -0.2) is 34.7 Å². The lowest BCUT2D eigenvalue weighted by molar-refractivity contribution is -0.141. The van der Waals surface area contributed by atoms with Gasteiger partial charge in [0.05, 0.1) is 0 Å². The fourth-order valence-electron chi connectivity index (χ4n) is 3.16. The van der Waals surface area contributed by atoms with Crippen LogP contribution in [0.4, 0.5) is 5.69 Å². The van der Waals surface area contributed by atoms with Gasteiger partial charge >= 0.3 is 0 Å². The van der Waals surface area contributed by atoms with Gasteiger partial charge in [-0.1, -0.05) is 18.2 Å². The van der Waals surface area contributed by atoms with Gasteiger partial charge in [0, 0.05) is 18.7 Å². The Kier molecular flexibility index (Phi) is 2.97. The number of amides is 2. The summed E-state index contributed by atoms with van der Waals surface area (Å²) < 4.78 is 0. The van der Waals surface area contributed by atoms with Crippen molar-refractivity contribution in [3.8, 4) is 0 Å². The van der Waals surface area contributed by atoms with Crippen molar-refractivity contribution in [2.24, 2.45) is 0 Å². The van der Waals surface area contributed by atoms with Crippen LogP contribution in [0.15, 0.2) is 24.3 Å². The van der Waals surface area contributed by atoms with E-state index in [1.54, 1.807) is 4.90 Å². The molecule has 1 spiro atoms. The van der Waals surface area contributed by atoms with Crippen molar-refractivity contribution in [1.29, 1.82) is 0 Å². The lowest BCUT2D eigenvalue weighted by Crippen LogP contribution is -2.58. The number of benzene rings is 1. The largest absolute Gasteiger partial charge is 0.327 e. The molecule has 4 nitrogen and oxygen atoms in total. The minimum absolute atomic E-state index is 0.0727. The van der Waals surface area contributed by atoms with E-state index in [-0.39, 0.29) is 17.7 Å². The number of para-hydroxylation sites is 1. The molecule has 1 saturated heterocycles. The van der Waals surface area contributed by atoms with Gasteiger partial charge in [-0.15, -0.1) is 11.6 Å². The molecule has 1 aromatic rings. The number of rotatable bonds is 1. The van der Waals surface area contributed by atoms with Crippen LogP contribution < -0.4 is 5.32 Å². The molecule has 1 aromatic carbocycles. The van der Waals surface area contributed by atoms with Gasteiger partial charge in [0.1, 0.15) is 11.4 Å². The standard InChI is InChI=1S/C14H15ClN2O2/c15-9-12(18)17-7-3-6-14(17)8-10-4-1-2-5-11(10)16-13(14)19/h1-2,4-5H,3,6-9H2,(H,16,19). The van der Waals surface area contributed by atoms with Gasteiger partial charge in [-0.2, -0.15) is 0 Å². The number of alkyl halides is 1. The second-order valence-electron chi connectivity index (χ2n) is 5.10. The Morgan fingerprint density at radius 1 is 1.42 bits per heavy atom. The Morgan fingerprint density at radius 3 is 3.00 bits per heavy atom. The Balaban J connectivity index is 2.01. The molecule has 5 heteroatoms. The molecular weight excluding hydrogens is 264 g/mol. The van der Waals surface area contributed by atoms with E-state index in [4.69, 9.17) is 11.6 Å². The van der Waals surface area contributed by atoms with Gasteiger partial charge in [-0.3, -0.25) is 9.59 Å². The maximum absolute atomic E-state index is 12.5. The van der Waals surface area contributed by atoms with Gasteiger partial charge in [0.2, 0.25) is 5.91 Å². The molecule has 2 aliphatic heterocycles. The summed E-state index contributed by atoms with van der Waals surface area (Å²) in [6.45, 7) is 0.612. The molecule has 2 aliphatic rings. The van der Waals surface area contributed by atoms with Crippen molar-refractivity contribution in [1.82, 2.24) is 4.90 Å². The fourth-order valence-corrected chi connectivity index (χ4v) is 3.31. The van der Waals surface area contributed by atoms with E-state index >= 15 is 0 Å². The number of carbonyl (C=O) groups excluding carboxylic acids is 2. The van der Waals surface area contributed by atoms with Crippen molar-refractivity contribution >= 4 is 29.1 Å². The van der Waals surface area contributed by atoms with Crippen LogP contribution in [0.25, 0.3) is 0 Å². The number of likely N-dealkylation sites (tertiary alicyclic amines) is 1. The first-order chi connectivity index (χ1) is 9.17. The third-order valence-corrected chi connectivity index (χ3v) is 4.30. The lowest BCUT2D eigenvalue weighted by atomic mass is 9.83. The quantitative estimate of drug-likeness (QED) is 0.796. The van der Waals surface area contributed by atoms with E-state index in [2.05, 4.69) is 5.32 Å². The maximum atomic E-state index is 12.5. The molecule has 3 rings (SSSR count). The van der Waals surface area contributed by atoms with E-state index in [9.17, 15) is 9.59 Å². The number of nitrogens with zero attached hydrogens (tertiary/aromatic N) is 1. The van der Waals surface area contributed by atoms with E-state index in [1.165, 1.54) is 0 Å². The zero-order valence-corrected chi connectivity index (χ0v) is 11.2. The summed E-state index contributed by atoms with van der Waals surface area (Å²) in [4.78, 5) is 26.1. The third kappa shape index (κ3) is 1.82. The lowest BCUT2D eigenvalue weighted by Gasteiger charge is -2.40. The van der Waals surface area contributed by atoms with Crippen LogP contribution in [0.1, 0.15) is 18.4 Å². The number of hydrogen-bond donors (Lipinski definition) is 1. The molecule has 1 N–H and O–H groups in total. The predicted octanol–water partition coefficient (Wildman–Crippen LogP) is 1.78. The summed E-state index contributed by atoms with van der Waals surface area (Å²) in [5.41, 5.74) is 1.19. The Morgan fingerprint density at radius 2 is 2.21 bits per heavy atom. The van der Waals surface area contributed by atoms with Crippen molar-refractivity contribution in [2.45, 2.75) is 24.8 Å². The number of anilines is 1. The molecule has 100 valence electrons. The molecule has 0 saturated carbocycles. The SMILES string of the molecule is O=C(CCl)N1CCCC12Cc1ccccc1NC2=O. The molecule has 1 atom stereocenters. The molecule has 19 heavy (non-hydrogen) atoms. The molecule has 0 aromatic heterocycles. The number of nitrogens with one attached hydrogen (secondary N) is 1. The van der Waals surface area contributed by atoms with E-state index in [1.807, 2.05) is 24.3 Å². The molecule has 0 radical (unpaired) electrons. The second kappa shape index (κ2) is 4.53. The van der Waals surface area contributed by atoms with Gasteiger partial charge in [0.25, 0.3) is 5.91 Å². The molecule has 1 fully saturated rings. The Bertz CT molecular complexity index is 546. The van der Waals surface area contributed by atoms with Crippen LogP contribution in [0.2, 0.25) is 0 Å². The van der Waals surface area contributed by atoms with E-state index < -0.39 is 5.54 Å². The van der Waals surface area contributed by atoms with Crippen LogP contribution in [0, 0.1) is 0 Å². The number of fused-ring (bicyclic) bond motifs is 1. The number of hydrogen-bond acceptors (Lipinski definition) is 2. The average molecular weight is 279 g/mol. The van der Waals surface area contributed by atoms with Crippen LogP contribution in [-0.2, 0) is 16.0 Å². The van der Waals surface area contributed by atoms with Gasteiger partial charge in [-0.05, 0) is 24.5 Å².